The van der Waals surface area contributed by atoms with Gasteiger partial charge in [0.05, 0.1) is 0 Å². The van der Waals surface area contributed by atoms with Crippen LogP contribution >= 0.6 is 11.6 Å². The lowest BCUT2D eigenvalue weighted by Crippen LogP contribution is -2.36. The summed E-state index contributed by atoms with van der Waals surface area (Å²) in [6.07, 6.45) is 4.96. The predicted octanol–water partition coefficient (Wildman–Crippen LogP) is 1.65. The SMILES string of the molecule is CNc1c(Cl)ncnc1N1CCCC(CCC(N)=O)C1. The number of halogens is 1. The second-order valence-electron chi connectivity index (χ2n) is 5.07. The van der Waals surface area contributed by atoms with Crippen LogP contribution in [0.25, 0.3) is 0 Å². The minimum atomic E-state index is -0.233. The summed E-state index contributed by atoms with van der Waals surface area (Å²) in [5.74, 6) is 1.06. The van der Waals surface area contributed by atoms with E-state index < -0.39 is 0 Å². The second kappa shape index (κ2) is 6.74. The molecule has 0 radical (unpaired) electrons. The van der Waals surface area contributed by atoms with Crippen molar-refractivity contribution in [2.24, 2.45) is 11.7 Å². The molecular formula is C13H20ClN5O. The molecule has 7 heteroatoms. The first-order chi connectivity index (χ1) is 9.61. The molecule has 1 aromatic rings. The highest BCUT2D eigenvalue weighted by Crippen LogP contribution is 2.32. The molecule has 0 aromatic carbocycles. The van der Waals surface area contributed by atoms with E-state index in [9.17, 15) is 4.79 Å². The van der Waals surface area contributed by atoms with Crippen molar-refractivity contribution in [1.29, 1.82) is 0 Å². The molecule has 3 N–H and O–H groups in total. The molecule has 0 spiro atoms. The molecule has 1 unspecified atom stereocenters. The molecule has 6 nitrogen and oxygen atoms in total. The first-order valence-corrected chi connectivity index (χ1v) is 7.21. The molecular weight excluding hydrogens is 278 g/mol. The molecule has 1 aliphatic rings. The molecule has 1 saturated heterocycles. The molecule has 1 atom stereocenters. The first-order valence-electron chi connectivity index (χ1n) is 6.83. The number of anilines is 2. The number of aromatic nitrogens is 2. The van der Waals surface area contributed by atoms with Crippen LogP contribution in [0.5, 0.6) is 0 Å². The number of carbonyl (C=O) groups is 1. The Morgan fingerprint density at radius 2 is 2.40 bits per heavy atom. The minimum Gasteiger partial charge on any atom is -0.383 e. The van der Waals surface area contributed by atoms with Gasteiger partial charge in [0.25, 0.3) is 0 Å². The van der Waals surface area contributed by atoms with E-state index in [1.807, 2.05) is 7.05 Å². The Morgan fingerprint density at radius 1 is 1.60 bits per heavy atom. The number of rotatable bonds is 5. The fourth-order valence-corrected chi connectivity index (χ4v) is 2.87. The minimum absolute atomic E-state index is 0.233. The Balaban J connectivity index is 2.09. The number of hydrogen-bond donors (Lipinski definition) is 2. The summed E-state index contributed by atoms with van der Waals surface area (Å²) in [6, 6.07) is 0. The summed E-state index contributed by atoms with van der Waals surface area (Å²) in [5.41, 5.74) is 5.97. The topological polar surface area (TPSA) is 84.1 Å². The van der Waals surface area contributed by atoms with E-state index in [1.54, 1.807) is 0 Å². The van der Waals surface area contributed by atoms with E-state index in [-0.39, 0.29) is 5.91 Å². The first kappa shape index (κ1) is 14.8. The normalized spacial score (nSPS) is 18.9. The third-order valence-electron chi connectivity index (χ3n) is 3.65. The molecule has 2 heterocycles. The fourth-order valence-electron chi connectivity index (χ4n) is 2.65. The Kier molecular flexibility index (Phi) is 5.00. The molecule has 1 aromatic heterocycles. The number of nitrogens with zero attached hydrogens (tertiary/aromatic N) is 3. The van der Waals surface area contributed by atoms with Crippen molar-refractivity contribution in [2.45, 2.75) is 25.7 Å². The summed E-state index contributed by atoms with van der Waals surface area (Å²) in [7, 11) is 1.81. The monoisotopic (exact) mass is 297 g/mol. The second-order valence-corrected chi connectivity index (χ2v) is 5.43. The highest BCUT2D eigenvalue weighted by molar-refractivity contribution is 6.32. The average Bonchev–Trinajstić information content (AvgIpc) is 2.45. The highest BCUT2D eigenvalue weighted by atomic mass is 35.5. The molecule has 2 rings (SSSR count). The van der Waals surface area contributed by atoms with Gasteiger partial charge in [0.15, 0.2) is 11.0 Å². The summed E-state index contributed by atoms with van der Waals surface area (Å²) in [6.45, 7) is 1.81. The molecule has 1 fully saturated rings. The average molecular weight is 298 g/mol. The standard InChI is InChI=1S/C13H20ClN5O/c1-16-11-12(14)17-8-18-13(11)19-6-2-3-9(7-19)4-5-10(15)20/h8-9,16H,2-7H2,1H3,(H2,15,20). The van der Waals surface area contributed by atoms with Crippen LogP contribution in [0.2, 0.25) is 5.15 Å². The number of nitrogens with one attached hydrogen (secondary N) is 1. The predicted molar refractivity (Wildman–Crippen MR) is 80.0 cm³/mol. The number of carbonyl (C=O) groups excluding carboxylic acids is 1. The van der Waals surface area contributed by atoms with Crippen LogP contribution in [-0.2, 0) is 4.79 Å². The summed E-state index contributed by atoms with van der Waals surface area (Å²) >= 11 is 6.09. The van der Waals surface area contributed by atoms with Crippen molar-refractivity contribution in [3.05, 3.63) is 11.5 Å². The van der Waals surface area contributed by atoms with Gasteiger partial charge in [-0.25, -0.2) is 9.97 Å². The Labute approximate surface area is 123 Å². The fraction of sp³-hybridized carbons (Fsp3) is 0.615. The number of amides is 1. The lowest BCUT2D eigenvalue weighted by Gasteiger charge is -2.34. The lowest BCUT2D eigenvalue weighted by molar-refractivity contribution is -0.118. The Bertz CT molecular complexity index is 482. The zero-order valence-electron chi connectivity index (χ0n) is 11.6. The van der Waals surface area contributed by atoms with Crippen LogP contribution in [0.3, 0.4) is 0 Å². The van der Waals surface area contributed by atoms with Crippen LogP contribution in [0.15, 0.2) is 6.33 Å². The summed E-state index contributed by atoms with van der Waals surface area (Å²) in [4.78, 5) is 21.4. The van der Waals surface area contributed by atoms with Gasteiger partial charge in [0, 0.05) is 26.6 Å². The molecule has 1 amide bonds. The van der Waals surface area contributed by atoms with E-state index in [1.165, 1.54) is 6.33 Å². The van der Waals surface area contributed by atoms with E-state index in [2.05, 4.69) is 20.2 Å². The van der Waals surface area contributed by atoms with Crippen LogP contribution in [0.1, 0.15) is 25.7 Å². The van der Waals surface area contributed by atoms with E-state index in [4.69, 9.17) is 17.3 Å². The molecule has 0 saturated carbocycles. The number of piperidine rings is 1. The highest BCUT2D eigenvalue weighted by Gasteiger charge is 2.23. The number of primary amides is 1. The molecule has 110 valence electrons. The number of nitrogens with two attached hydrogens (primary N) is 1. The maximum atomic E-state index is 10.9. The lowest BCUT2D eigenvalue weighted by atomic mass is 9.93. The number of hydrogen-bond acceptors (Lipinski definition) is 5. The van der Waals surface area contributed by atoms with E-state index in [0.29, 0.717) is 17.5 Å². The third kappa shape index (κ3) is 3.50. The van der Waals surface area contributed by atoms with Gasteiger partial charge in [0.1, 0.15) is 12.0 Å². The molecule has 0 bridgehead atoms. The van der Waals surface area contributed by atoms with Gasteiger partial charge >= 0.3 is 0 Å². The molecule has 1 aliphatic heterocycles. The summed E-state index contributed by atoms with van der Waals surface area (Å²) < 4.78 is 0. The van der Waals surface area contributed by atoms with Crippen LogP contribution in [0.4, 0.5) is 11.5 Å². The third-order valence-corrected chi connectivity index (χ3v) is 3.94. The largest absolute Gasteiger partial charge is 0.383 e. The van der Waals surface area contributed by atoms with Crippen LogP contribution in [0, 0.1) is 5.92 Å². The molecule has 20 heavy (non-hydrogen) atoms. The quantitative estimate of drug-likeness (QED) is 0.807. The van der Waals surface area contributed by atoms with Gasteiger partial charge < -0.3 is 16.0 Å². The molecule has 0 aliphatic carbocycles. The van der Waals surface area contributed by atoms with Crippen molar-refractivity contribution in [3.63, 3.8) is 0 Å². The Hall–Kier alpha value is -1.56. The van der Waals surface area contributed by atoms with Gasteiger partial charge in [-0.15, -0.1) is 0 Å². The van der Waals surface area contributed by atoms with Crippen molar-refractivity contribution in [3.8, 4) is 0 Å². The van der Waals surface area contributed by atoms with Crippen LogP contribution < -0.4 is 16.0 Å². The van der Waals surface area contributed by atoms with Crippen molar-refractivity contribution >= 4 is 29.0 Å². The van der Waals surface area contributed by atoms with Gasteiger partial charge in [-0.2, -0.15) is 0 Å². The van der Waals surface area contributed by atoms with Gasteiger partial charge in [-0.1, -0.05) is 11.6 Å². The van der Waals surface area contributed by atoms with Crippen molar-refractivity contribution < 1.29 is 4.79 Å². The van der Waals surface area contributed by atoms with Crippen molar-refractivity contribution in [1.82, 2.24) is 9.97 Å². The van der Waals surface area contributed by atoms with Gasteiger partial charge in [-0.05, 0) is 25.2 Å². The van der Waals surface area contributed by atoms with Gasteiger partial charge in [-0.3, -0.25) is 4.79 Å². The maximum Gasteiger partial charge on any atom is 0.217 e. The maximum absolute atomic E-state index is 10.9. The van der Waals surface area contributed by atoms with E-state index >= 15 is 0 Å². The summed E-state index contributed by atoms with van der Waals surface area (Å²) in [5, 5.41) is 3.48. The van der Waals surface area contributed by atoms with Gasteiger partial charge in [0.2, 0.25) is 5.91 Å². The van der Waals surface area contributed by atoms with Crippen molar-refractivity contribution in [2.75, 3.05) is 30.4 Å². The van der Waals surface area contributed by atoms with Crippen LogP contribution in [-0.4, -0.2) is 36.0 Å². The smallest absolute Gasteiger partial charge is 0.217 e. The zero-order valence-corrected chi connectivity index (χ0v) is 12.4. The van der Waals surface area contributed by atoms with E-state index in [0.717, 1.165) is 43.9 Å². The zero-order chi connectivity index (χ0) is 14.5. The Morgan fingerprint density at radius 3 is 3.10 bits per heavy atom.